The lowest BCUT2D eigenvalue weighted by atomic mass is 10.3. The van der Waals surface area contributed by atoms with Crippen molar-refractivity contribution in [3.05, 3.63) is 28.5 Å². The van der Waals surface area contributed by atoms with E-state index in [0.29, 0.717) is 0 Å². The molecule has 2 heterocycles. The molecule has 0 N–H and O–H groups in total. The molecule has 3 nitrogen and oxygen atoms in total. The first-order valence-corrected chi connectivity index (χ1v) is 8.30. The lowest BCUT2D eigenvalue weighted by molar-refractivity contribution is 0.256. The Kier molecular flexibility index (Phi) is 6.08. The maximum atomic E-state index is 4.45. The Morgan fingerprint density at radius 3 is 2.61 bits per heavy atom. The van der Waals surface area contributed by atoms with E-state index in [-0.39, 0.29) is 0 Å². The van der Waals surface area contributed by atoms with Crippen LogP contribution in [-0.4, -0.2) is 52.8 Å². The third kappa shape index (κ3) is 4.61. The summed E-state index contributed by atoms with van der Waals surface area (Å²) >= 11 is 6.94. The molecule has 1 saturated heterocycles. The molecule has 1 aromatic rings. The highest BCUT2D eigenvalue weighted by molar-refractivity contribution is 9.10. The topological polar surface area (TPSA) is 19.4 Å². The molecule has 0 atom stereocenters. The second-order valence-corrected chi connectivity index (χ2v) is 6.34. The van der Waals surface area contributed by atoms with Crippen molar-refractivity contribution in [1.29, 1.82) is 0 Å². The van der Waals surface area contributed by atoms with Gasteiger partial charge in [-0.3, -0.25) is 9.88 Å². The number of nitrogens with zero attached hydrogens (tertiary/aromatic N) is 3. The Morgan fingerprint density at radius 1 is 1.11 bits per heavy atom. The summed E-state index contributed by atoms with van der Waals surface area (Å²) in [4.78, 5) is 9.48. The van der Waals surface area contributed by atoms with Crippen LogP contribution in [0.4, 0.5) is 0 Å². The van der Waals surface area contributed by atoms with Gasteiger partial charge in [0, 0.05) is 42.2 Å². The number of halogens is 2. The van der Waals surface area contributed by atoms with E-state index in [2.05, 4.69) is 58.8 Å². The zero-order chi connectivity index (χ0) is 12.8. The van der Waals surface area contributed by atoms with Crippen molar-refractivity contribution in [2.45, 2.75) is 13.0 Å². The van der Waals surface area contributed by atoms with Crippen molar-refractivity contribution in [2.24, 2.45) is 0 Å². The van der Waals surface area contributed by atoms with Crippen molar-refractivity contribution >= 4 is 31.9 Å². The average molecular weight is 377 g/mol. The first kappa shape index (κ1) is 14.4. The van der Waals surface area contributed by atoms with Crippen LogP contribution < -0.4 is 0 Å². The molecule has 1 aliphatic heterocycles. The number of aromatic nitrogens is 1. The van der Waals surface area contributed by atoms with Crippen LogP contribution in [0.15, 0.2) is 22.8 Å². The van der Waals surface area contributed by atoms with Gasteiger partial charge in [0.1, 0.15) is 0 Å². The number of rotatable bonds is 4. The highest BCUT2D eigenvalue weighted by Crippen LogP contribution is 2.11. The van der Waals surface area contributed by atoms with E-state index in [1.54, 1.807) is 0 Å². The normalized spacial score (nSPS) is 18.8. The average Bonchev–Trinajstić information content (AvgIpc) is 2.59. The van der Waals surface area contributed by atoms with E-state index in [9.17, 15) is 0 Å². The molecule has 0 radical (unpaired) electrons. The molecule has 0 spiro atoms. The Labute approximate surface area is 126 Å². The van der Waals surface area contributed by atoms with Gasteiger partial charge in [-0.05, 0) is 47.6 Å². The van der Waals surface area contributed by atoms with E-state index in [0.717, 1.165) is 35.1 Å². The van der Waals surface area contributed by atoms with Crippen LogP contribution in [0.1, 0.15) is 12.1 Å². The smallest absolute Gasteiger partial charge is 0.0544 e. The summed E-state index contributed by atoms with van der Waals surface area (Å²) in [5.41, 5.74) is 1.16. The van der Waals surface area contributed by atoms with E-state index in [1.807, 2.05) is 6.20 Å². The van der Waals surface area contributed by atoms with Crippen molar-refractivity contribution in [1.82, 2.24) is 14.8 Å². The van der Waals surface area contributed by atoms with Crippen molar-refractivity contribution < 1.29 is 0 Å². The van der Waals surface area contributed by atoms with Crippen LogP contribution in [-0.2, 0) is 6.54 Å². The highest BCUT2D eigenvalue weighted by atomic mass is 79.9. The largest absolute Gasteiger partial charge is 0.301 e. The Hall–Kier alpha value is 0.0300. The molecule has 2 rings (SSSR count). The van der Waals surface area contributed by atoms with Crippen LogP contribution >= 0.6 is 31.9 Å². The second-order valence-electron chi connectivity index (χ2n) is 4.63. The van der Waals surface area contributed by atoms with Crippen LogP contribution in [0.5, 0.6) is 0 Å². The van der Waals surface area contributed by atoms with Gasteiger partial charge in [0.2, 0.25) is 0 Å². The molecule has 0 aromatic carbocycles. The van der Waals surface area contributed by atoms with Gasteiger partial charge in [-0.15, -0.1) is 0 Å². The molecule has 1 aromatic heterocycles. The quantitative estimate of drug-likeness (QED) is 0.753. The zero-order valence-corrected chi connectivity index (χ0v) is 13.7. The van der Waals surface area contributed by atoms with Crippen LogP contribution in [0.2, 0.25) is 0 Å². The lowest BCUT2D eigenvalue weighted by Crippen LogP contribution is -2.31. The maximum absolute atomic E-state index is 4.45. The summed E-state index contributed by atoms with van der Waals surface area (Å²) in [7, 11) is 0. The fourth-order valence-corrected chi connectivity index (χ4v) is 2.99. The minimum Gasteiger partial charge on any atom is -0.301 e. The molecule has 100 valence electrons. The standard InChI is InChI=1S/C13H19Br2N3/c14-4-7-17-5-1-6-18(9-8-17)11-13-3-2-12(15)10-16-13/h2-3,10H,1,4-9,11H2. The Bertz CT molecular complexity index is 356. The van der Waals surface area contributed by atoms with E-state index in [1.165, 1.54) is 26.1 Å². The van der Waals surface area contributed by atoms with Gasteiger partial charge in [0.05, 0.1) is 5.69 Å². The third-order valence-electron chi connectivity index (χ3n) is 3.26. The van der Waals surface area contributed by atoms with Crippen molar-refractivity contribution in [2.75, 3.05) is 38.1 Å². The molecule has 1 fully saturated rings. The van der Waals surface area contributed by atoms with Crippen LogP contribution in [0, 0.1) is 0 Å². The van der Waals surface area contributed by atoms with Crippen molar-refractivity contribution in [3.63, 3.8) is 0 Å². The first-order valence-electron chi connectivity index (χ1n) is 6.39. The molecule has 0 aliphatic carbocycles. The number of alkyl halides is 1. The molecule has 1 aliphatic rings. The Balaban J connectivity index is 1.84. The number of pyridine rings is 1. The lowest BCUT2D eigenvalue weighted by Gasteiger charge is -2.20. The summed E-state index contributed by atoms with van der Waals surface area (Å²) in [6.07, 6.45) is 3.13. The summed E-state index contributed by atoms with van der Waals surface area (Å²) in [6, 6.07) is 4.17. The monoisotopic (exact) mass is 375 g/mol. The summed E-state index contributed by atoms with van der Waals surface area (Å²) in [5.74, 6) is 0. The van der Waals surface area contributed by atoms with Crippen molar-refractivity contribution in [3.8, 4) is 0 Å². The molecule has 0 amide bonds. The van der Waals surface area contributed by atoms with Crippen LogP contribution in [0.3, 0.4) is 0 Å². The zero-order valence-electron chi connectivity index (χ0n) is 10.5. The number of hydrogen-bond acceptors (Lipinski definition) is 3. The van der Waals surface area contributed by atoms with Crippen LogP contribution in [0.25, 0.3) is 0 Å². The van der Waals surface area contributed by atoms with Gasteiger partial charge in [0.25, 0.3) is 0 Å². The molecule has 0 unspecified atom stereocenters. The summed E-state index contributed by atoms with van der Waals surface area (Å²) < 4.78 is 1.05. The Morgan fingerprint density at radius 2 is 1.89 bits per heavy atom. The van der Waals surface area contributed by atoms with E-state index in [4.69, 9.17) is 0 Å². The molecular weight excluding hydrogens is 358 g/mol. The van der Waals surface area contributed by atoms with Gasteiger partial charge >= 0.3 is 0 Å². The van der Waals surface area contributed by atoms with E-state index < -0.39 is 0 Å². The fraction of sp³-hybridized carbons (Fsp3) is 0.615. The first-order chi connectivity index (χ1) is 8.78. The summed E-state index contributed by atoms with van der Waals surface area (Å²) in [6.45, 7) is 6.83. The number of hydrogen-bond donors (Lipinski definition) is 0. The second kappa shape index (κ2) is 7.58. The third-order valence-corrected chi connectivity index (χ3v) is 4.08. The highest BCUT2D eigenvalue weighted by Gasteiger charge is 2.14. The minimum atomic E-state index is 0.968. The molecular formula is C13H19Br2N3. The SMILES string of the molecule is BrCCN1CCCN(Cc2ccc(Br)cn2)CC1. The predicted octanol–water partition coefficient (Wildman–Crippen LogP) is 2.75. The van der Waals surface area contributed by atoms with Gasteiger partial charge in [0.15, 0.2) is 0 Å². The molecule has 0 bridgehead atoms. The minimum absolute atomic E-state index is 0.968. The van der Waals surface area contributed by atoms with Gasteiger partial charge in [-0.2, -0.15) is 0 Å². The van der Waals surface area contributed by atoms with E-state index >= 15 is 0 Å². The molecule has 0 saturated carbocycles. The predicted molar refractivity (Wildman–Crippen MR) is 82.1 cm³/mol. The molecule has 18 heavy (non-hydrogen) atoms. The van der Waals surface area contributed by atoms with Gasteiger partial charge < -0.3 is 4.90 Å². The fourth-order valence-electron chi connectivity index (χ4n) is 2.25. The van der Waals surface area contributed by atoms with Gasteiger partial charge in [-0.25, -0.2) is 0 Å². The molecule has 5 heteroatoms. The van der Waals surface area contributed by atoms with Gasteiger partial charge in [-0.1, -0.05) is 15.9 Å². The summed E-state index contributed by atoms with van der Waals surface area (Å²) in [5, 5.41) is 1.07. The maximum Gasteiger partial charge on any atom is 0.0544 e.